The van der Waals surface area contributed by atoms with Gasteiger partial charge in [-0.05, 0) is 31.0 Å². The summed E-state index contributed by atoms with van der Waals surface area (Å²) in [5.41, 5.74) is 3.66. The normalized spacial score (nSPS) is 25.2. The third-order valence-corrected chi connectivity index (χ3v) is 5.04. The molecule has 24 heavy (non-hydrogen) atoms. The minimum Gasteiger partial charge on any atom is -0.370 e. The lowest BCUT2D eigenvalue weighted by Gasteiger charge is -2.44. The average molecular weight is 321 g/mol. The van der Waals surface area contributed by atoms with Crippen molar-refractivity contribution in [2.45, 2.75) is 38.6 Å². The van der Waals surface area contributed by atoms with Gasteiger partial charge in [-0.1, -0.05) is 42.5 Å². The predicted octanol–water partition coefficient (Wildman–Crippen LogP) is 3.91. The molecule has 124 valence electrons. The van der Waals surface area contributed by atoms with E-state index in [1.165, 1.54) is 11.1 Å². The SMILES string of the molecule is C[C@@H]1CO[C@@H](c2ccccc2)[C@@H](C)N1Cc1ccc2cn[nH]c2c1. The van der Waals surface area contributed by atoms with Gasteiger partial charge in [0.25, 0.3) is 0 Å². The maximum atomic E-state index is 6.16. The number of hydrogen-bond acceptors (Lipinski definition) is 3. The Labute approximate surface area is 142 Å². The monoisotopic (exact) mass is 321 g/mol. The Morgan fingerprint density at radius 1 is 1.17 bits per heavy atom. The highest BCUT2D eigenvalue weighted by Crippen LogP contribution is 2.32. The van der Waals surface area contributed by atoms with Gasteiger partial charge >= 0.3 is 0 Å². The number of benzene rings is 2. The van der Waals surface area contributed by atoms with Crippen molar-refractivity contribution in [2.24, 2.45) is 0 Å². The van der Waals surface area contributed by atoms with Crippen LogP contribution in [0.3, 0.4) is 0 Å². The number of hydrogen-bond donors (Lipinski definition) is 1. The number of rotatable bonds is 3. The summed E-state index contributed by atoms with van der Waals surface area (Å²) in [6.45, 7) is 6.19. The van der Waals surface area contributed by atoms with Crippen molar-refractivity contribution in [2.75, 3.05) is 6.61 Å². The van der Waals surface area contributed by atoms with Crippen molar-refractivity contribution >= 4 is 10.9 Å². The summed E-state index contributed by atoms with van der Waals surface area (Å²) in [6.07, 6.45) is 1.99. The van der Waals surface area contributed by atoms with Crippen molar-refractivity contribution in [3.63, 3.8) is 0 Å². The van der Waals surface area contributed by atoms with E-state index in [1.54, 1.807) is 0 Å². The van der Waals surface area contributed by atoms with Gasteiger partial charge in [-0.3, -0.25) is 10.00 Å². The highest BCUT2D eigenvalue weighted by atomic mass is 16.5. The van der Waals surface area contributed by atoms with E-state index in [1.807, 2.05) is 6.20 Å². The Morgan fingerprint density at radius 2 is 2.00 bits per heavy atom. The van der Waals surface area contributed by atoms with Crippen molar-refractivity contribution in [1.82, 2.24) is 15.1 Å². The lowest BCUT2D eigenvalue weighted by atomic mass is 9.98. The fourth-order valence-corrected chi connectivity index (χ4v) is 3.66. The first-order chi connectivity index (χ1) is 11.7. The Hall–Kier alpha value is -2.17. The maximum Gasteiger partial charge on any atom is 0.0978 e. The summed E-state index contributed by atoms with van der Waals surface area (Å²) in [4.78, 5) is 2.54. The topological polar surface area (TPSA) is 41.1 Å². The predicted molar refractivity (Wildman–Crippen MR) is 95.7 cm³/mol. The van der Waals surface area contributed by atoms with Gasteiger partial charge in [-0.2, -0.15) is 5.10 Å². The van der Waals surface area contributed by atoms with Crippen LogP contribution in [0, 0.1) is 0 Å². The summed E-state index contributed by atoms with van der Waals surface area (Å²) < 4.78 is 6.16. The molecule has 3 aromatic rings. The van der Waals surface area contributed by atoms with E-state index < -0.39 is 0 Å². The molecule has 4 nitrogen and oxygen atoms in total. The van der Waals surface area contributed by atoms with Crippen molar-refractivity contribution in [3.05, 3.63) is 65.9 Å². The lowest BCUT2D eigenvalue weighted by Crippen LogP contribution is -2.50. The summed E-state index contributed by atoms with van der Waals surface area (Å²) >= 11 is 0. The first-order valence-electron chi connectivity index (χ1n) is 8.56. The van der Waals surface area contributed by atoms with Crippen molar-refractivity contribution < 1.29 is 4.74 Å². The van der Waals surface area contributed by atoms with Gasteiger partial charge in [-0.15, -0.1) is 0 Å². The van der Waals surface area contributed by atoms with Gasteiger partial charge in [0.2, 0.25) is 0 Å². The average Bonchev–Trinajstić information content (AvgIpc) is 3.07. The van der Waals surface area contributed by atoms with E-state index in [0.29, 0.717) is 12.1 Å². The van der Waals surface area contributed by atoms with Gasteiger partial charge in [0.15, 0.2) is 0 Å². The zero-order valence-electron chi connectivity index (χ0n) is 14.1. The molecule has 4 rings (SSSR count). The molecule has 0 spiro atoms. The molecule has 1 aromatic heterocycles. The number of ether oxygens (including phenoxy) is 1. The maximum absolute atomic E-state index is 6.16. The largest absolute Gasteiger partial charge is 0.370 e. The van der Waals surface area contributed by atoms with Gasteiger partial charge in [0.05, 0.1) is 24.4 Å². The summed E-state index contributed by atoms with van der Waals surface area (Å²) in [5, 5.41) is 8.33. The molecular weight excluding hydrogens is 298 g/mol. The van der Waals surface area contributed by atoms with E-state index in [2.05, 4.69) is 77.5 Å². The smallest absolute Gasteiger partial charge is 0.0978 e. The molecule has 4 heteroatoms. The fourth-order valence-electron chi connectivity index (χ4n) is 3.66. The molecular formula is C20H23N3O. The molecule has 1 aliphatic heterocycles. The summed E-state index contributed by atoms with van der Waals surface area (Å²) in [6, 6.07) is 17.8. The molecule has 1 saturated heterocycles. The number of H-pyrrole nitrogens is 1. The number of aromatic nitrogens is 2. The van der Waals surface area contributed by atoms with E-state index in [-0.39, 0.29) is 6.10 Å². The first-order valence-corrected chi connectivity index (χ1v) is 8.56. The van der Waals surface area contributed by atoms with Gasteiger partial charge in [0, 0.05) is 24.0 Å². The van der Waals surface area contributed by atoms with Crippen LogP contribution < -0.4 is 0 Å². The highest BCUT2D eigenvalue weighted by molar-refractivity contribution is 5.78. The summed E-state index contributed by atoms with van der Waals surface area (Å²) in [7, 11) is 0. The van der Waals surface area contributed by atoms with Crippen LogP contribution in [0.5, 0.6) is 0 Å². The highest BCUT2D eigenvalue weighted by Gasteiger charge is 2.34. The van der Waals surface area contributed by atoms with Crippen LogP contribution in [0.2, 0.25) is 0 Å². The fraction of sp³-hybridized carbons (Fsp3) is 0.350. The van der Waals surface area contributed by atoms with Gasteiger partial charge < -0.3 is 4.74 Å². The van der Waals surface area contributed by atoms with Crippen molar-refractivity contribution in [1.29, 1.82) is 0 Å². The Kier molecular flexibility index (Phi) is 4.08. The third kappa shape index (κ3) is 2.83. The third-order valence-electron chi connectivity index (χ3n) is 5.04. The number of nitrogens with zero attached hydrogens (tertiary/aromatic N) is 2. The van der Waals surface area contributed by atoms with Crippen LogP contribution in [0.25, 0.3) is 10.9 Å². The standard InChI is InChI=1S/C20H23N3O/c1-14-13-24-20(17-6-4-3-5-7-17)15(2)23(14)12-16-8-9-18-11-21-22-19(18)10-16/h3-11,14-15,20H,12-13H2,1-2H3,(H,21,22)/t14-,15-,20-/m1/s1. The van der Waals surface area contributed by atoms with E-state index in [0.717, 1.165) is 24.1 Å². The van der Waals surface area contributed by atoms with Crippen LogP contribution >= 0.6 is 0 Å². The molecule has 0 radical (unpaired) electrons. The minimum atomic E-state index is 0.123. The molecule has 0 amide bonds. The number of morpholine rings is 1. The molecule has 0 unspecified atom stereocenters. The Bertz CT molecular complexity index is 814. The molecule has 0 saturated carbocycles. The van der Waals surface area contributed by atoms with Crippen LogP contribution in [0.1, 0.15) is 31.1 Å². The zero-order valence-corrected chi connectivity index (χ0v) is 14.1. The molecule has 1 fully saturated rings. The van der Waals surface area contributed by atoms with Crippen molar-refractivity contribution in [3.8, 4) is 0 Å². The van der Waals surface area contributed by atoms with E-state index >= 15 is 0 Å². The second kappa shape index (κ2) is 6.38. The van der Waals surface area contributed by atoms with Gasteiger partial charge in [0.1, 0.15) is 0 Å². The van der Waals surface area contributed by atoms with E-state index in [9.17, 15) is 0 Å². The first kappa shape index (κ1) is 15.4. The lowest BCUT2D eigenvalue weighted by molar-refractivity contribution is -0.0993. The number of fused-ring (bicyclic) bond motifs is 1. The zero-order chi connectivity index (χ0) is 16.5. The molecule has 1 N–H and O–H groups in total. The molecule has 2 heterocycles. The second-order valence-corrected chi connectivity index (χ2v) is 6.72. The summed E-state index contributed by atoms with van der Waals surface area (Å²) in [5.74, 6) is 0. The second-order valence-electron chi connectivity index (χ2n) is 6.72. The molecule has 0 aliphatic carbocycles. The Balaban J connectivity index is 1.58. The number of nitrogens with one attached hydrogen (secondary N) is 1. The van der Waals surface area contributed by atoms with Crippen LogP contribution in [0.4, 0.5) is 0 Å². The van der Waals surface area contributed by atoms with Crippen LogP contribution in [0.15, 0.2) is 54.7 Å². The molecule has 3 atom stereocenters. The van der Waals surface area contributed by atoms with Gasteiger partial charge in [-0.25, -0.2) is 0 Å². The molecule has 1 aliphatic rings. The quantitative estimate of drug-likeness (QED) is 0.795. The molecule has 2 aromatic carbocycles. The molecule has 0 bridgehead atoms. The van der Waals surface area contributed by atoms with E-state index in [4.69, 9.17) is 4.74 Å². The number of aromatic amines is 1. The van der Waals surface area contributed by atoms with Crippen LogP contribution in [-0.4, -0.2) is 33.8 Å². The minimum absolute atomic E-state index is 0.123. The van der Waals surface area contributed by atoms with Crippen LogP contribution in [-0.2, 0) is 11.3 Å². The Morgan fingerprint density at radius 3 is 2.83 bits per heavy atom.